The fourth-order valence-electron chi connectivity index (χ4n) is 1.67. The van der Waals surface area contributed by atoms with Crippen molar-refractivity contribution in [2.24, 2.45) is 0 Å². The van der Waals surface area contributed by atoms with Gasteiger partial charge >= 0.3 is 0 Å². The number of hydrogen-bond donors (Lipinski definition) is 1. The van der Waals surface area contributed by atoms with Crippen molar-refractivity contribution < 1.29 is 9.84 Å². The Balaban J connectivity index is 2.53. The van der Waals surface area contributed by atoms with Gasteiger partial charge < -0.3 is 9.84 Å². The van der Waals surface area contributed by atoms with E-state index in [9.17, 15) is 5.11 Å². The van der Waals surface area contributed by atoms with Gasteiger partial charge in [0, 0.05) is 5.33 Å². The van der Waals surface area contributed by atoms with Gasteiger partial charge in [-0.2, -0.15) is 0 Å². The molecule has 1 aromatic carbocycles. The lowest BCUT2D eigenvalue weighted by Crippen LogP contribution is -1.99. The van der Waals surface area contributed by atoms with Crippen molar-refractivity contribution in [2.75, 3.05) is 12.4 Å². The summed E-state index contributed by atoms with van der Waals surface area (Å²) in [6.07, 6.45) is 3.54. The van der Waals surface area contributed by atoms with Crippen LogP contribution in [0.4, 0.5) is 0 Å². The molecule has 0 fully saturated rings. The fourth-order valence-corrected chi connectivity index (χ4v) is 2.36. The number of benzene rings is 1. The Morgan fingerprint density at radius 3 is 2.71 bits per heavy atom. The predicted molar refractivity (Wildman–Crippen MR) is 75.2 cm³/mol. The molecule has 0 heterocycles. The summed E-state index contributed by atoms with van der Waals surface area (Å²) >= 11 is 9.49. The van der Waals surface area contributed by atoms with E-state index in [1.165, 1.54) is 0 Å². The zero-order valence-electron chi connectivity index (χ0n) is 9.96. The van der Waals surface area contributed by atoms with E-state index in [2.05, 4.69) is 15.9 Å². The first-order valence-corrected chi connectivity index (χ1v) is 7.26. The van der Waals surface area contributed by atoms with Crippen molar-refractivity contribution in [2.45, 2.75) is 31.8 Å². The van der Waals surface area contributed by atoms with E-state index in [-0.39, 0.29) is 0 Å². The van der Waals surface area contributed by atoms with Gasteiger partial charge in [0.25, 0.3) is 0 Å². The molecule has 0 aliphatic heterocycles. The lowest BCUT2D eigenvalue weighted by atomic mass is 10.0. The third-order valence-electron chi connectivity index (χ3n) is 2.68. The van der Waals surface area contributed by atoms with Crippen LogP contribution < -0.4 is 4.74 Å². The molecule has 2 nitrogen and oxygen atoms in total. The first kappa shape index (κ1) is 14.8. The quantitative estimate of drug-likeness (QED) is 0.598. The zero-order valence-corrected chi connectivity index (χ0v) is 12.3. The van der Waals surface area contributed by atoms with Gasteiger partial charge in [-0.1, -0.05) is 46.4 Å². The molecule has 0 bridgehead atoms. The monoisotopic (exact) mass is 320 g/mol. The summed E-state index contributed by atoms with van der Waals surface area (Å²) in [6.45, 7) is 0. The number of hydrogen-bond acceptors (Lipinski definition) is 2. The summed E-state index contributed by atoms with van der Waals surface area (Å²) in [4.78, 5) is 0. The average molecular weight is 322 g/mol. The molecule has 1 unspecified atom stereocenters. The first-order chi connectivity index (χ1) is 8.19. The highest BCUT2D eigenvalue weighted by molar-refractivity contribution is 9.09. The van der Waals surface area contributed by atoms with Gasteiger partial charge in [0.15, 0.2) is 0 Å². The lowest BCUT2D eigenvalue weighted by Gasteiger charge is -2.13. The third-order valence-corrected chi connectivity index (χ3v) is 3.57. The van der Waals surface area contributed by atoms with Crippen LogP contribution in [-0.4, -0.2) is 17.5 Å². The van der Waals surface area contributed by atoms with E-state index in [1.54, 1.807) is 13.2 Å². The van der Waals surface area contributed by atoms with E-state index < -0.39 is 6.10 Å². The van der Waals surface area contributed by atoms with Gasteiger partial charge in [0.05, 0.1) is 18.2 Å². The van der Waals surface area contributed by atoms with Crippen LogP contribution in [0.25, 0.3) is 0 Å². The Labute approximate surface area is 116 Å². The molecule has 96 valence electrons. The fraction of sp³-hybridized carbons (Fsp3) is 0.538. The molecule has 1 rings (SSSR count). The summed E-state index contributed by atoms with van der Waals surface area (Å²) in [5.74, 6) is 0.713. The Hall–Kier alpha value is -0.250. The normalized spacial score (nSPS) is 12.5. The van der Waals surface area contributed by atoms with Crippen molar-refractivity contribution in [1.82, 2.24) is 0 Å². The summed E-state index contributed by atoms with van der Waals surface area (Å²) in [6, 6.07) is 5.39. The number of rotatable bonds is 7. The molecule has 0 aliphatic carbocycles. The van der Waals surface area contributed by atoms with Crippen molar-refractivity contribution in [3.05, 3.63) is 28.8 Å². The molecule has 4 heteroatoms. The van der Waals surface area contributed by atoms with E-state index in [0.717, 1.165) is 36.6 Å². The van der Waals surface area contributed by atoms with E-state index in [1.807, 2.05) is 12.1 Å². The van der Waals surface area contributed by atoms with Crippen molar-refractivity contribution >= 4 is 27.5 Å². The molecule has 1 aromatic rings. The molecule has 0 amide bonds. The van der Waals surface area contributed by atoms with Crippen molar-refractivity contribution in [3.8, 4) is 5.75 Å². The minimum atomic E-state index is -0.483. The lowest BCUT2D eigenvalue weighted by molar-refractivity contribution is 0.163. The third kappa shape index (κ3) is 4.86. The average Bonchev–Trinajstić information content (AvgIpc) is 2.34. The molecule has 1 atom stereocenters. The van der Waals surface area contributed by atoms with Crippen LogP contribution in [0, 0.1) is 0 Å². The highest BCUT2D eigenvalue weighted by Crippen LogP contribution is 2.29. The smallest absolute Gasteiger partial charge is 0.120 e. The highest BCUT2D eigenvalue weighted by Gasteiger charge is 2.11. The Morgan fingerprint density at radius 2 is 2.12 bits per heavy atom. The maximum atomic E-state index is 10.0. The summed E-state index contributed by atoms with van der Waals surface area (Å²) in [7, 11) is 1.60. The minimum absolute atomic E-state index is 0.483. The number of aliphatic hydroxyl groups excluding tert-OH is 1. The highest BCUT2D eigenvalue weighted by atomic mass is 79.9. The van der Waals surface area contributed by atoms with Crippen LogP contribution in [0.5, 0.6) is 5.75 Å². The molecule has 1 N–H and O–H groups in total. The van der Waals surface area contributed by atoms with Crippen LogP contribution in [0.1, 0.15) is 37.4 Å². The molecular weight excluding hydrogens is 303 g/mol. The summed E-state index contributed by atoms with van der Waals surface area (Å²) < 4.78 is 5.07. The van der Waals surface area contributed by atoms with Gasteiger partial charge in [-0.3, -0.25) is 0 Å². The molecule has 0 radical (unpaired) electrons. The van der Waals surface area contributed by atoms with Crippen LogP contribution >= 0.6 is 27.5 Å². The van der Waals surface area contributed by atoms with Gasteiger partial charge in [-0.25, -0.2) is 0 Å². The number of methoxy groups -OCH3 is 1. The standard InChI is InChI=1S/C13H18BrClO2/c1-17-10-6-7-11(12(15)9-10)13(16)5-3-2-4-8-14/h6-7,9,13,16H,2-5,8H2,1H3. The molecule has 0 saturated heterocycles. The Kier molecular flexibility index (Phi) is 6.93. The molecule has 0 saturated carbocycles. The molecule has 0 spiro atoms. The topological polar surface area (TPSA) is 29.5 Å². The largest absolute Gasteiger partial charge is 0.497 e. The second-order valence-corrected chi connectivity index (χ2v) is 5.14. The van der Waals surface area contributed by atoms with Crippen molar-refractivity contribution in [1.29, 1.82) is 0 Å². The van der Waals surface area contributed by atoms with Crippen LogP contribution in [-0.2, 0) is 0 Å². The summed E-state index contributed by atoms with van der Waals surface area (Å²) in [5, 5.41) is 11.6. The molecule has 0 aliphatic rings. The number of alkyl halides is 1. The van der Waals surface area contributed by atoms with Crippen LogP contribution in [0.3, 0.4) is 0 Å². The molecule has 17 heavy (non-hydrogen) atoms. The van der Waals surface area contributed by atoms with Crippen molar-refractivity contribution in [3.63, 3.8) is 0 Å². The SMILES string of the molecule is COc1ccc(C(O)CCCCCBr)c(Cl)c1. The Morgan fingerprint density at radius 1 is 1.35 bits per heavy atom. The van der Waals surface area contributed by atoms with Crippen LogP contribution in [0.2, 0.25) is 5.02 Å². The maximum absolute atomic E-state index is 10.0. The predicted octanol–water partition coefficient (Wildman–Crippen LogP) is 4.34. The van der Waals surface area contributed by atoms with Gasteiger partial charge in [0.1, 0.15) is 5.75 Å². The van der Waals surface area contributed by atoms with Gasteiger partial charge in [-0.05, 0) is 30.5 Å². The Bertz CT molecular complexity index is 344. The number of unbranched alkanes of at least 4 members (excludes halogenated alkanes) is 2. The summed E-state index contributed by atoms with van der Waals surface area (Å²) in [5.41, 5.74) is 0.784. The minimum Gasteiger partial charge on any atom is -0.497 e. The molecular formula is C13H18BrClO2. The zero-order chi connectivity index (χ0) is 12.7. The van der Waals surface area contributed by atoms with Gasteiger partial charge in [-0.15, -0.1) is 0 Å². The number of ether oxygens (including phenoxy) is 1. The number of halogens is 2. The first-order valence-electron chi connectivity index (χ1n) is 5.76. The van der Waals surface area contributed by atoms with Crippen LogP contribution in [0.15, 0.2) is 18.2 Å². The second kappa shape index (κ2) is 7.96. The molecule has 0 aromatic heterocycles. The second-order valence-electron chi connectivity index (χ2n) is 3.94. The van der Waals surface area contributed by atoms with E-state index >= 15 is 0 Å². The number of aliphatic hydroxyl groups is 1. The van der Waals surface area contributed by atoms with E-state index in [0.29, 0.717) is 10.8 Å². The van der Waals surface area contributed by atoms with E-state index in [4.69, 9.17) is 16.3 Å². The maximum Gasteiger partial charge on any atom is 0.120 e. The van der Waals surface area contributed by atoms with Gasteiger partial charge in [0.2, 0.25) is 0 Å².